The Bertz CT molecular complexity index is 1220. The van der Waals surface area contributed by atoms with Gasteiger partial charge in [0.15, 0.2) is 11.0 Å². The second-order valence-corrected chi connectivity index (χ2v) is 10.1. The number of ketones is 1. The zero-order valence-corrected chi connectivity index (χ0v) is 20.2. The van der Waals surface area contributed by atoms with E-state index in [0.29, 0.717) is 12.2 Å². The Labute approximate surface area is 208 Å². The van der Waals surface area contributed by atoms with Gasteiger partial charge in [-0.1, -0.05) is 17.8 Å². The van der Waals surface area contributed by atoms with Gasteiger partial charge in [0.1, 0.15) is 22.8 Å². The first-order valence-corrected chi connectivity index (χ1v) is 11.9. The number of aromatic nitrogens is 2. The van der Waals surface area contributed by atoms with Crippen molar-refractivity contribution in [3.8, 4) is 5.88 Å². The van der Waals surface area contributed by atoms with Gasteiger partial charge in [0, 0.05) is 17.9 Å². The molecule has 1 fully saturated rings. The molecule has 2 heterocycles. The van der Waals surface area contributed by atoms with Crippen LogP contribution in [-0.2, 0) is 16.8 Å². The van der Waals surface area contributed by atoms with E-state index in [2.05, 4.69) is 15.0 Å². The quantitative estimate of drug-likeness (QED) is 0.401. The van der Waals surface area contributed by atoms with Gasteiger partial charge in [-0.2, -0.15) is 13.2 Å². The van der Waals surface area contributed by atoms with Crippen molar-refractivity contribution >= 4 is 28.6 Å². The molecule has 3 N–H and O–H groups in total. The first kappa shape index (κ1) is 25.9. The number of nitrogens with one attached hydrogen (secondary N) is 1. The highest BCUT2D eigenvalue weighted by Crippen LogP contribution is 2.66. The molecule has 8 nitrogen and oxygen atoms in total. The SMILES string of the molecule is CCOc1cnc(C(=O)Cc2ccc(F)c([C@@]3(C)N=C(N)S[C@@]4(C(=O)NCC(F)(F)F)C[C@H]43)c2)cn1. The Hall–Kier alpha value is -3.22. The first-order valence-electron chi connectivity index (χ1n) is 11.0. The van der Waals surface area contributed by atoms with Gasteiger partial charge < -0.3 is 15.8 Å². The highest BCUT2D eigenvalue weighted by Gasteiger charge is 2.70. The zero-order chi connectivity index (χ0) is 26.3. The van der Waals surface area contributed by atoms with Crippen LogP contribution in [0.15, 0.2) is 35.6 Å². The minimum absolute atomic E-state index is 0.0287. The number of carbonyl (C=O) groups excluding carboxylic acids is 2. The number of ether oxygens (including phenoxy) is 1. The lowest BCUT2D eigenvalue weighted by molar-refractivity contribution is -0.138. The smallest absolute Gasteiger partial charge is 0.405 e. The van der Waals surface area contributed by atoms with Crippen LogP contribution in [0.3, 0.4) is 0 Å². The number of benzene rings is 1. The van der Waals surface area contributed by atoms with Gasteiger partial charge in [-0.25, -0.2) is 14.4 Å². The monoisotopic (exact) mass is 525 g/mol. The number of rotatable bonds is 8. The highest BCUT2D eigenvalue weighted by molar-refractivity contribution is 8.15. The fourth-order valence-electron chi connectivity index (χ4n) is 4.43. The number of hydrogen-bond acceptors (Lipinski definition) is 8. The molecule has 1 amide bonds. The Morgan fingerprint density at radius 1 is 1.28 bits per heavy atom. The molecular weight excluding hydrogens is 502 g/mol. The molecule has 0 spiro atoms. The van der Waals surface area contributed by atoms with Crippen molar-refractivity contribution in [3.63, 3.8) is 0 Å². The van der Waals surface area contributed by atoms with Crippen LogP contribution in [0, 0.1) is 11.7 Å². The van der Waals surface area contributed by atoms with Crippen LogP contribution < -0.4 is 15.8 Å². The van der Waals surface area contributed by atoms with Gasteiger partial charge in [-0.3, -0.25) is 14.6 Å². The normalized spacial score (nSPS) is 24.9. The highest BCUT2D eigenvalue weighted by atomic mass is 32.2. The molecule has 1 aliphatic carbocycles. The molecule has 0 unspecified atom stereocenters. The van der Waals surface area contributed by atoms with Gasteiger partial charge in [0.05, 0.1) is 24.5 Å². The van der Waals surface area contributed by atoms with E-state index in [-0.39, 0.29) is 40.9 Å². The average molecular weight is 526 g/mol. The van der Waals surface area contributed by atoms with E-state index in [4.69, 9.17) is 10.5 Å². The first-order chi connectivity index (χ1) is 16.9. The predicted molar refractivity (Wildman–Crippen MR) is 124 cm³/mol. The summed E-state index contributed by atoms with van der Waals surface area (Å²) in [5.41, 5.74) is 5.32. The Kier molecular flexibility index (Phi) is 6.71. The van der Waals surface area contributed by atoms with Crippen molar-refractivity contribution in [3.05, 3.63) is 53.2 Å². The number of Topliss-reactive ketones (excluding diaryl/α,β-unsaturated/α-hetero) is 1. The van der Waals surface area contributed by atoms with Gasteiger partial charge in [-0.05, 0) is 38.0 Å². The molecule has 3 atom stereocenters. The molecule has 36 heavy (non-hydrogen) atoms. The van der Waals surface area contributed by atoms with Crippen molar-refractivity contribution in [1.29, 1.82) is 0 Å². The number of hydrogen-bond donors (Lipinski definition) is 2. The second kappa shape index (κ2) is 9.34. The fraction of sp³-hybridized carbons (Fsp3) is 0.435. The van der Waals surface area contributed by atoms with E-state index < -0.39 is 40.6 Å². The van der Waals surface area contributed by atoms with Gasteiger partial charge in [0.25, 0.3) is 0 Å². The lowest BCUT2D eigenvalue weighted by Gasteiger charge is -2.34. The summed E-state index contributed by atoms with van der Waals surface area (Å²) in [5, 5.41) is 1.88. The van der Waals surface area contributed by atoms with Gasteiger partial charge in [-0.15, -0.1) is 0 Å². The standard InChI is InChI=1S/C23H23F4N5O3S/c1-3-35-18-10-29-15(9-30-18)16(33)7-12-4-5-14(24)13(6-12)21(2)17-8-22(17,36-20(28)32-21)19(34)31-11-23(25,26)27/h4-6,9-10,17H,3,7-8,11H2,1-2H3,(H2,28,32)(H,31,34)/t17-,21+,22-/m0/s1. The number of fused-ring (bicyclic) bond motifs is 1. The third kappa shape index (κ3) is 5.01. The summed E-state index contributed by atoms with van der Waals surface area (Å²) in [6.07, 6.45) is -1.88. The zero-order valence-electron chi connectivity index (χ0n) is 19.4. The van der Waals surface area contributed by atoms with E-state index in [9.17, 15) is 22.8 Å². The number of halogens is 4. The Balaban J connectivity index is 1.57. The molecule has 192 valence electrons. The summed E-state index contributed by atoms with van der Waals surface area (Å²) in [6.45, 7) is 2.30. The van der Waals surface area contributed by atoms with Crippen LogP contribution in [0.5, 0.6) is 5.88 Å². The summed E-state index contributed by atoms with van der Waals surface area (Å²) in [7, 11) is 0. The molecule has 13 heteroatoms. The Morgan fingerprint density at radius 3 is 2.67 bits per heavy atom. The number of amides is 1. The van der Waals surface area contributed by atoms with E-state index in [0.717, 1.165) is 11.8 Å². The van der Waals surface area contributed by atoms with E-state index in [1.165, 1.54) is 30.6 Å². The molecule has 4 rings (SSSR count). The molecule has 2 aliphatic rings. The van der Waals surface area contributed by atoms with Crippen molar-refractivity contribution in [2.75, 3.05) is 13.2 Å². The van der Waals surface area contributed by atoms with Gasteiger partial charge in [0.2, 0.25) is 11.8 Å². The minimum atomic E-state index is -4.57. The molecule has 1 saturated carbocycles. The van der Waals surface area contributed by atoms with Crippen molar-refractivity contribution in [1.82, 2.24) is 15.3 Å². The number of aliphatic imine (C=N–C) groups is 1. The summed E-state index contributed by atoms with van der Waals surface area (Å²) in [6, 6.07) is 4.11. The maximum Gasteiger partial charge on any atom is 0.405 e. The molecular formula is C23H23F4N5O3S. The minimum Gasteiger partial charge on any atom is -0.477 e. The van der Waals surface area contributed by atoms with Crippen molar-refractivity contribution in [2.24, 2.45) is 16.6 Å². The molecule has 0 bridgehead atoms. The Morgan fingerprint density at radius 2 is 2.03 bits per heavy atom. The van der Waals surface area contributed by atoms with Crippen LogP contribution in [-0.4, -0.2) is 50.9 Å². The second-order valence-electron chi connectivity index (χ2n) is 8.73. The topological polar surface area (TPSA) is 120 Å². The molecule has 2 aromatic rings. The number of amidine groups is 1. The number of nitrogens with zero attached hydrogens (tertiary/aromatic N) is 3. The summed E-state index contributed by atoms with van der Waals surface area (Å²) in [4.78, 5) is 37.9. The van der Waals surface area contributed by atoms with E-state index in [1.54, 1.807) is 13.8 Å². The lowest BCUT2D eigenvalue weighted by atomic mass is 9.84. The maximum absolute atomic E-state index is 15.0. The van der Waals surface area contributed by atoms with Crippen LogP contribution in [0.4, 0.5) is 17.6 Å². The third-order valence-electron chi connectivity index (χ3n) is 6.20. The summed E-state index contributed by atoms with van der Waals surface area (Å²) < 4.78 is 56.9. The number of thioether (sulfide) groups is 1. The lowest BCUT2D eigenvalue weighted by Crippen LogP contribution is -2.46. The van der Waals surface area contributed by atoms with E-state index in [1.807, 2.05) is 5.32 Å². The molecule has 1 aromatic heterocycles. The van der Waals surface area contributed by atoms with Crippen molar-refractivity contribution in [2.45, 2.75) is 43.2 Å². The maximum atomic E-state index is 15.0. The molecule has 1 aromatic carbocycles. The number of carbonyl (C=O) groups is 2. The molecule has 0 radical (unpaired) electrons. The third-order valence-corrected chi connectivity index (χ3v) is 7.50. The van der Waals surface area contributed by atoms with Crippen LogP contribution >= 0.6 is 11.8 Å². The predicted octanol–water partition coefficient (Wildman–Crippen LogP) is 3.15. The largest absolute Gasteiger partial charge is 0.477 e. The molecule has 1 aliphatic heterocycles. The number of nitrogens with two attached hydrogens (primary N) is 1. The van der Waals surface area contributed by atoms with Gasteiger partial charge >= 0.3 is 6.18 Å². The van der Waals surface area contributed by atoms with Crippen LogP contribution in [0.2, 0.25) is 0 Å². The van der Waals surface area contributed by atoms with E-state index >= 15 is 4.39 Å². The van der Waals surface area contributed by atoms with Crippen molar-refractivity contribution < 1.29 is 31.9 Å². The average Bonchev–Trinajstić information content (AvgIpc) is 3.55. The summed E-state index contributed by atoms with van der Waals surface area (Å²) >= 11 is 0.887. The fourth-order valence-corrected chi connectivity index (χ4v) is 5.83. The van der Waals surface area contributed by atoms with Crippen LogP contribution in [0.1, 0.15) is 41.9 Å². The van der Waals surface area contributed by atoms with Crippen LogP contribution in [0.25, 0.3) is 0 Å². The molecule has 0 saturated heterocycles. The number of alkyl halides is 3. The summed E-state index contributed by atoms with van der Waals surface area (Å²) in [5.74, 6) is -2.12.